The van der Waals surface area contributed by atoms with E-state index in [0.29, 0.717) is 37.9 Å². The van der Waals surface area contributed by atoms with E-state index in [-0.39, 0.29) is 17.6 Å². The van der Waals surface area contributed by atoms with Crippen molar-refractivity contribution >= 4 is 15.9 Å². The quantitative estimate of drug-likeness (QED) is 0.716. The van der Waals surface area contributed by atoms with Gasteiger partial charge in [-0.1, -0.05) is 56.5 Å². The molecular weight excluding hydrogens is 372 g/mol. The first-order valence-electron chi connectivity index (χ1n) is 10.8. The third-order valence-electron chi connectivity index (χ3n) is 6.33. The van der Waals surface area contributed by atoms with Crippen molar-refractivity contribution < 1.29 is 13.2 Å². The van der Waals surface area contributed by atoms with Gasteiger partial charge < -0.3 is 5.32 Å². The minimum Gasteiger partial charge on any atom is -0.353 e. The Bertz CT molecular complexity index is 727. The smallest absolute Gasteiger partial charge is 0.223 e. The molecule has 5 nitrogen and oxygen atoms in total. The summed E-state index contributed by atoms with van der Waals surface area (Å²) in [5.74, 6) is 0.727. The van der Waals surface area contributed by atoms with Gasteiger partial charge in [-0.2, -0.15) is 0 Å². The summed E-state index contributed by atoms with van der Waals surface area (Å²) >= 11 is 0. The number of carbonyl (C=O) groups excluding carboxylic acids is 1. The zero-order valence-electron chi connectivity index (χ0n) is 17.0. The molecule has 1 aliphatic heterocycles. The second-order valence-electron chi connectivity index (χ2n) is 8.36. The van der Waals surface area contributed by atoms with Gasteiger partial charge in [0.15, 0.2) is 0 Å². The topological polar surface area (TPSA) is 66.5 Å². The molecule has 1 N–H and O–H groups in total. The fourth-order valence-corrected chi connectivity index (χ4v) is 6.17. The number of nitrogens with zero attached hydrogens (tertiary/aromatic N) is 1. The zero-order valence-corrected chi connectivity index (χ0v) is 17.8. The van der Waals surface area contributed by atoms with Crippen molar-refractivity contribution in [1.82, 2.24) is 9.62 Å². The molecule has 6 heteroatoms. The van der Waals surface area contributed by atoms with E-state index in [1.54, 1.807) is 4.31 Å². The van der Waals surface area contributed by atoms with Crippen LogP contribution >= 0.6 is 0 Å². The maximum absolute atomic E-state index is 12.7. The minimum absolute atomic E-state index is 0.0336. The summed E-state index contributed by atoms with van der Waals surface area (Å²) in [6, 6.07) is 9.61. The van der Waals surface area contributed by atoms with Gasteiger partial charge in [-0.05, 0) is 43.6 Å². The first kappa shape index (κ1) is 21.3. The highest BCUT2D eigenvalue weighted by Crippen LogP contribution is 2.31. The SMILES string of the molecule is CCCCC1CCCC1NC(=O)C1CCN(S(=O)(=O)Cc2ccccc2)CC1. The lowest BCUT2D eigenvalue weighted by molar-refractivity contribution is -0.127. The van der Waals surface area contributed by atoms with Crippen molar-refractivity contribution in [3.05, 3.63) is 35.9 Å². The first-order valence-corrected chi connectivity index (χ1v) is 12.4. The number of benzene rings is 1. The van der Waals surface area contributed by atoms with E-state index < -0.39 is 10.0 Å². The molecule has 1 aromatic carbocycles. The molecular formula is C22H34N2O3S. The fraction of sp³-hybridized carbons (Fsp3) is 0.682. The standard InChI is InChI=1S/C22H34N2O3S/c1-2-3-10-19-11-7-12-21(19)23-22(25)20-13-15-24(16-14-20)28(26,27)17-18-8-5-4-6-9-18/h4-6,8-9,19-21H,2-3,7,10-17H2,1H3,(H,23,25). The summed E-state index contributed by atoms with van der Waals surface area (Å²) in [5.41, 5.74) is 0.807. The molecule has 1 heterocycles. The Morgan fingerprint density at radius 3 is 2.50 bits per heavy atom. The van der Waals surface area contributed by atoms with E-state index >= 15 is 0 Å². The molecule has 1 aliphatic carbocycles. The molecule has 0 spiro atoms. The number of unbranched alkanes of at least 4 members (excludes halogenated alkanes) is 1. The molecule has 1 saturated heterocycles. The highest BCUT2D eigenvalue weighted by atomic mass is 32.2. The molecule has 2 atom stereocenters. The van der Waals surface area contributed by atoms with Crippen LogP contribution < -0.4 is 5.32 Å². The molecule has 28 heavy (non-hydrogen) atoms. The average molecular weight is 407 g/mol. The number of piperidine rings is 1. The molecule has 0 aromatic heterocycles. The Kier molecular flexibility index (Phi) is 7.52. The van der Waals surface area contributed by atoms with Gasteiger partial charge in [0.25, 0.3) is 0 Å². The summed E-state index contributed by atoms with van der Waals surface area (Å²) in [4.78, 5) is 12.7. The molecule has 1 aromatic rings. The number of amides is 1. The molecule has 0 radical (unpaired) electrons. The Labute approximate surface area is 169 Å². The normalized spacial score (nSPS) is 24.3. The van der Waals surface area contributed by atoms with Gasteiger partial charge in [0.1, 0.15) is 0 Å². The minimum atomic E-state index is -3.33. The lowest BCUT2D eigenvalue weighted by Gasteiger charge is -2.32. The fourth-order valence-electron chi connectivity index (χ4n) is 4.61. The van der Waals surface area contributed by atoms with Crippen molar-refractivity contribution in [2.45, 2.75) is 70.1 Å². The van der Waals surface area contributed by atoms with Crippen molar-refractivity contribution in [2.24, 2.45) is 11.8 Å². The zero-order chi connectivity index (χ0) is 20.0. The summed E-state index contributed by atoms with van der Waals surface area (Å²) in [6.07, 6.45) is 8.39. The predicted molar refractivity (Wildman–Crippen MR) is 112 cm³/mol. The van der Waals surface area contributed by atoms with Crippen LogP contribution in [-0.2, 0) is 20.6 Å². The monoisotopic (exact) mass is 406 g/mol. The lowest BCUT2D eigenvalue weighted by Crippen LogP contribution is -2.46. The highest BCUT2D eigenvalue weighted by molar-refractivity contribution is 7.88. The Morgan fingerprint density at radius 2 is 1.82 bits per heavy atom. The molecule has 2 aliphatic rings. The second-order valence-corrected chi connectivity index (χ2v) is 10.3. The summed E-state index contributed by atoms with van der Waals surface area (Å²) in [6.45, 7) is 3.09. The largest absolute Gasteiger partial charge is 0.353 e. The van der Waals surface area contributed by atoms with Crippen LogP contribution in [0.3, 0.4) is 0 Å². The number of carbonyl (C=O) groups is 1. The third-order valence-corrected chi connectivity index (χ3v) is 8.18. The molecule has 1 amide bonds. The number of nitrogens with one attached hydrogen (secondary N) is 1. The summed E-state index contributed by atoms with van der Waals surface area (Å²) < 4.78 is 26.9. The number of rotatable bonds is 8. The van der Waals surface area contributed by atoms with Crippen molar-refractivity contribution in [1.29, 1.82) is 0 Å². The molecule has 0 bridgehead atoms. The van der Waals surface area contributed by atoms with E-state index in [0.717, 1.165) is 12.0 Å². The average Bonchev–Trinajstić information content (AvgIpc) is 3.13. The van der Waals surface area contributed by atoms with Crippen LogP contribution in [0.2, 0.25) is 0 Å². The molecule has 2 unspecified atom stereocenters. The molecule has 2 fully saturated rings. The van der Waals surface area contributed by atoms with Crippen LogP contribution in [0.15, 0.2) is 30.3 Å². The van der Waals surface area contributed by atoms with E-state index in [4.69, 9.17) is 0 Å². The van der Waals surface area contributed by atoms with E-state index in [2.05, 4.69) is 12.2 Å². The maximum Gasteiger partial charge on any atom is 0.223 e. The van der Waals surface area contributed by atoms with Crippen LogP contribution in [0.1, 0.15) is 63.9 Å². The van der Waals surface area contributed by atoms with E-state index in [9.17, 15) is 13.2 Å². The first-order chi connectivity index (χ1) is 13.5. The Hall–Kier alpha value is -1.40. The second kappa shape index (κ2) is 9.88. The summed E-state index contributed by atoms with van der Waals surface area (Å²) in [7, 11) is -3.33. The maximum atomic E-state index is 12.7. The van der Waals surface area contributed by atoms with Gasteiger partial charge >= 0.3 is 0 Å². The van der Waals surface area contributed by atoms with Crippen LogP contribution in [0, 0.1) is 11.8 Å². The Morgan fingerprint density at radius 1 is 1.11 bits per heavy atom. The molecule has 1 saturated carbocycles. The van der Waals surface area contributed by atoms with Gasteiger partial charge in [0.05, 0.1) is 5.75 Å². The summed E-state index contributed by atoms with van der Waals surface area (Å²) in [5, 5.41) is 3.29. The van der Waals surface area contributed by atoms with Gasteiger partial charge in [-0.25, -0.2) is 12.7 Å². The Balaban J connectivity index is 1.48. The molecule has 3 rings (SSSR count). The lowest BCUT2D eigenvalue weighted by atomic mass is 9.94. The van der Waals surface area contributed by atoms with Crippen molar-refractivity contribution in [3.8, 4) is 0 Å². The third kappa shape index (κ3) is 5.57. The van der Waals surface area contributed by atoms with Gasteiger partial charge in [-0.15, -0.1) is 0 Å². The number of hydrogen-bond donors (Lipinski definition) is 1. The van der Waals surface area contributed by atoms with Gasteiger partial charge in [0, 0.05) is 25.0 Å². The van der Waals surface area contributed by atoms with E-state index in [1.807, 2.05) is 30.3 Å². The highest BCUT2D eigenvalue weighted by Gasteiger charge is 2.34. The van der Waals surface area contributed by atoms with Crippen molar-refractivity contribution in [2.75, 3.05) is 13.1 Å². The van der Waals surface area contributed by atoms with Crippen LogP contribution in [0.25, 0.3) is 0 Å². The van der Waals surface area contributed by atoms with Gasteiger partial charge in [-0.3, -0.25) is 4.79 Å². The predicted octanol–water partition coefficient (Wildman–Crippen LogP) is 3.70. The number of hydrogen-bond acceptors (Lipinski definition) is 3. The molecule has 156 valence electrons. The van der Waals surface area contributed by atoms with Crippen LogP contribution in [0.4, 0.5) is 0 Å². The van der Waals surface area contributed by atoms with Crippen LogP contribution in [0.5, 0.6) is 0 Å². The van der Waals surface area contributed by atoms with Crippen molar-refractivity contribution in [3.63, 3.8) is 0 Å². The van der Waals surface area contributed by atoms with Crippen LogP contribution in [-0.4, -0.2) is 37.8 Å². The number of sulfonamides is 1. The van der Waals surface area contributed by atoms with E-state index in [1.165, 1.54) is 32.1 Å². The van der Waals surface area contributed by atoms with Gasteiger partial charge in [0.2, 0.25) is 15.9 Å².